The van der Waals surface area contributed by atoms with E-state index in [9.17, 15) is 4.79 Å². The number of carbonyl (C=O) groups excluding carboxylic acids is 1. The van der Waals surface area contributed by atoms with E-state index in [4.69, 9.17) is 0 Å². The fourth-order valence-corrected chi connectivity index (χ4v) is 2.62. The van der Waals surface area contributed by atoms with Crippen LogP contribution in [0.5, 0.6) is 0 Å². The van der Waals surface area contributed by atoms with E-state index in [2.05, 4.69) is 0 Å². The molecular weight excluding hydrogens is 284 g/mol. The van der Waals surface area contributed by atoms with Crippen molar-refractivity contribution < 1.29 is 4.79 Å². The molecule has 0 fully saturated rings. The molecule has 0 aliphatic rings. The van der Waals surface area contributed by atoms with Crippen LogP contribution in [0, 0.1) is 0 Å². The van der Waals surface area contributed by atoms with Crippen LogP contribution >= 0.6 is 0 Å². The Kier molecular flexibility index (Phi) is 4.57. The molecule has 2 aromatic carbocycles. The molecule has 0 aliphatic carbocycles. The number of amides is 1. The molecule has 23 heavy (non-hydrogen) atoms. The maximum absolute atomic E-state index is 12.8. The zero-order valence-electron chi connectivity index (χ0n) is 13.2. The highest BCUT2D eigenvalue weighted by molar-refractivity contribution is 5.94. The van der Waals surface area contributed by atoms with E-state index in [-0.39, 0.29) is 5.91 Å². The molecule has 1 amide bonds. The van der Waals surface area contributed by atoms with Crippen molar-refractivity contribution in [3.63, 3.8) is 0 Å². The van der Waals surface area contributed by atoms with Crippen LogP contribution in [0.15, 0.2) is 79.1 Å². The van der Waals surface area contributed by atoms with E-state index in [0.29, 0.717) is 18.7 Å². The van der Waals surface area contributed by atoms with Crippen LogP contribution < -0.4 is 0 Å². The van der Waals surface area contributed by atoms with Gasteiger partial charge in [-0.15, -0.1) is 0 Å². The summed E-state index contributed by atoms with van der Waals surface area (Å²) in [5.74, 6) is 0.0605. The van der Waals surface area contributed by atoms with Gasteiger partial charge >= 0.3 is 0 Å². The second kappa shape index (κ2) is 6.97. The van der Waals surface area contributed by atoms with E-state index in [1.807, 2.05) is 95.5 Å². The van der Waals surface area contributed by atoms with Crippen LogP contribution in [0.2, 0.25) is 0 Å². The Labute approximate surface area is 136 Å². The molecule has 1 aromatic heterocycles. The lowest BCUT2D eigenvalue weighted by atomic mass is 10.1. The Hall–Kier alpha value is -2.81. The normalized spacial score (nSPS) is 10.5. The summed E-state index contributed by atoms with van der Waals surface area (Å²) in [6.07, 6.45) is 3.95. The lowest BCUT2D eigenvalue weighted by Crippen LogP contribution is -2.30. The zero-order valence-corrected chi connectivity index (χ0v) is 13.2. The van der Waals surface area contributed by atoms with Crippen LogP contribution in [0.4, 0.5) is 0 Å². The summed E-state index contributed by atoms with van der Waals surface area (Å²) in [4.78, 5) is 14.7. The molecule has 3 rings (SSSR count). The lowest BCUT2D eigenvalue weighted by Gasteiger charge is -2.21. The molecular formula is C20H20N2O. The second-order valence-electron chi connectivity index (χ2n) is 5.45. The Morgan fingerprint density at radius 3 is 2.39 bits per heavy atom. The van der Waals surface area contributed by atoms with E-state index in [0.717, 1.165) is 11.3 Å². The lowest BCUT2D eigenvalue weighted by molar-refractivity contribution is 0.0752. The molecule has 3 heteroatoms. The molecule has 0 bridgehead atoms. The fourth-order valence-electron chi connectivity index (χ4n) is 2.62. The van der Waals surface area contributed by atoms with Crippen LogP contribution in [0.25, 0.3) is 5.69 Å². The van der Waals surface area contributed by atoms with E-state index < -0.39 is 0 Å². The first kappa shape index (κ1) is 15.1. The monoisotopic (exact) mass is 304 g/mol. The predicted octanol–water partition coefficient (Wildman–Crippen LogP) is 4.14. The fraction of sp³-hybridized carbons (Fsp3) is 0.150. The molecule has 0 aliphatic heterocycles. The minimum Gasteiger partial charge on any atom is -0.335 e. The second-order valence-corrected chi connectivity index (χ2v) is 5.45. The quantitative estimate of drug-likeness (QED) is 0.695. The van der Waals surface area contributed by atoms with Gasteiger partial charge in [-0.2, -0.15) is 0 Å². The van der Waals surface area contributed by atoms with Crippen LogP contribution in [0.3, 0.4) is 0 Å². The summed E-state index contributed by atoms with van der Waals surface area (Å²) >= 11 is 0. The number of hydrogen-bond acceptors (Lipinski definition) is 1. The van der Waals surface area contributed by atoms with Crippen molar-refractivity contribution in [3.05, 3.63) is 90.3 Å². The van der Waals surface area contributed by atoms with Gasteiger partial charge in [-0.1, -0.05) is 36.4 Å². The van der Waals surface area contributed by atoms with Gasteiger partial charge in [0.15, 0.2) is 0 Å². The third-order valence-corrected chi connectivity index (χ3v) is 3.88. The van der Waals surface area contributed by atoms with E-state index >= 15 is 0 Å². The van der Waals surface area contributed by atoms with Crippen molar-refractivity contribution in [2.24, 2.45) is 0 Å². The maximum atomic E-state index is 12.8. The smallest absolute Gasteiger partial charge is 0.254 e. The molecule has 3 nitrogen and oxygen atoms in total. The summed E-state index contributed by atoms with van der Waals surface area (Å²) in [7, 11) is 0. The molecule has 0 N–H and O–H groups in total. The first-order valence-electron chi connectivity index (χ1n) is 7.84. The highest BCUT2D eigenvalue weighted by Crippen LogP contribution is 2.14. The number of aromatic nitrogens is 1. The number of rotatable bonds is 5. The molecule has 0 atom stereocenters. The van der Waals surface area contributed by atoms with Gasteiger partial charge < -0.3 is 9.47 Å². The summed E-state index contributed by atoms with van der Waals surface area (Å²) in [6, 6.07) is 21.8. The Morgan fingerprint density at radius 1 is 0.957 bits per heavy atom. The molecule has 0 unspecified atom stereocenters. The third-order valence-electron chi connectivity index (χ3n) is 3.88. The average molecular weight is 304 g/mol. The van der Waals surface area contributed by atoms with Gasteiger partial charge in [0.2, 0.25) is 0 Å². The third kappa shape index (κ3) is 3.51. The van der Waals surface area contributed by atoms with Gasteiger partial charge in [-0.05, 0) is 42.8 Å². The van der Waals surface area contributed by atoms with Crippen molar-refractivity contribution >= 4 is 5.91 Å². The van der Waals surface area contributed by atoms with Gasteiger partial charge in [-0.3, -0.25) is 4.79 Å². The Morgan fingerprint density at radius 2 is 1.70 bits per heavy atom. The van der Waals surface area contributed by atoms with Gasteiger partial charge in [0.1, 0.15) is 0 Å². The van der Waals surface area contributed by atoms with Gasteiger partial charge in [0.25, 0.3) is 5.91 Å². The standard InChI is InChI=1S/C20H20N2O/c1-2-21(16-17-9-4-3-5-10-17)20(23)18-11-8-12-19(15-18)22-13-6-7-14-22/h3-15H,2,16H2,1H3. The van der Waals surface area contributed by atoms with Crippen LogP contribution in [-0.4, -0.2) is 21.9 Å². The van der Waals surface area contributed by atoms with Gasteiger partial charge in [-0.25, -0.2) is 0 Å². The van der Waals surface area contributed by atoms with Crippen molar-refractivity contribution in [2.45, 2.75) is 13.5 Å². The summed E-state index contributed by atoms with van der Waals surface area (Å²) in [5, 5.41) is 0. The van der Waals surface area contributed by atoms with Crippen molar-refractivity contribution in [2.75, 3.05) is 6.54 Å². The average Bonchev–Trinajstić information content (AvgIpc) is 3.15. The number of nitrogens with zero attached hydrogens (tertiary/aromatic N) is 2. The number of carbonyl (C=O) groups is 1. The minimum atomic E-state index is 0.0605. The van der Waals surface area contributed by atoms with Crippen LogP contribution in [0.1, 0.15) is 22.8 Å². The molecule has 1 heterocycles. The first-order valence-corrected chi connectivity index (χ1v) is 7.84. The van der Waals surface area contributed by atoms with Crippen molar-refractivity contribution in [1.29, 1.82) is 0 Å². The SMILES string of the molecule is CCN(Cc1ccccc1)C(=O)c1cccc(-n2cccc2)c1. The summed E-state index contributed by atoms with van der Waals surface area (Å²) in [6.45, 7) is 3.32. The predicted molar refractivity (Wildman–Crippen MR) is 92.6 cm³/mol. The largest absolute Gasteiger partial charge is 0.335 e. The zero-order chi connectivity index (χ0) is 16.1. The van der Waals surface area contributed by atoms with Crippen molar-refractivity contribution in [1.82, 2.24) is 9.47 Å². The van der Waals surface area contributed by atoms with E-state index in [1.165, 1.54) is 0 Å². The number of benzene rings is 2. The van der Waals surface area contributed by atoms with Gasteiger partial charge in [0.05, 0.1) is 0 Å². The minimum absolute atomic E-state index is 0.0605. The molecule has 0 saturated carbocycles. The topological polar surface area (TPSA) is 25.2 Å². The number of hydrogen-bond donors (Lipinski definition) is 0. The molecule has 0 radical (unpaired) electrons. The molecule has 3 aromatic rings. The van der Waals surface area contributed by atoms with Crippen molar-refractivity contribution in [3.8, 4) is 5.69 Å². The molecule has 0 saturated heterocycles. The highest BCUT2D eigenvalue weighted by Gasteiger charge is 2.15. The Bertz CT molecular complexity index is 763. The Balaban J connectivity index is 1.82. The maximum Gasteiger partial charge on any atom is 0.254 e. The molecule has 116 valence electrons. The highest BCUT2D eigenvalue weighted by atomic mass is 16.2. The summed E-state index contributed by atoms with van der Waals surface area (Å²) in [5.41, 5.74) is 2.86. The van der Waals surface area contributed by atoms with E-state index in [1.54, 1.807) is 0 Å². The first-order chi connectivity index (χ1) is 11.3. The molecule has 0 spiro atoms. The summed E-state index contributed by atoms with van der Waals surface area (Å²) < 4.78 is 2.00. The van der Waals surface area contributed by atoms with Crippen LogP contribution in [-0.2, 0) is 6.54 Å². The van der Waals surface area contributed by atoms with Gasteiger partial charge in [0, 0.05) is 36.7 Å².